The van der Waals surface area contributed by atoms with Gasteiger partial charge in [0.2, 0.25) is 0 Å². The van der Waals surface area contributed by atoms with Crippen molar-refractivity contribution in [3.05, 3.63) is 231 Å². The first-order valence-electron chi connectivity index (χ1n) is 23.9. The average molecular weight is 1290 g/mol. The second kappa shape index (κ2) is 82.3. The molecule has 425 valence electrons. The van der Waals surface area contributed by atoms with Crippen molar-refractivity contribution in [2.75, 3.05) is 0 Å². The van der Waals surface area contributed by atoms with Gasteiger partial charge in [-0.1, -0.05) is 202 Å². The molecule has 74 heavy (non-hydrogen) atoms. The molecule has 6 fully saturated rings. The molecule has 0 amide bonds. The molecule has 1 nitrogen and oxygen atoms in total. The quantitative estimate of drug-likeness (QED) is 0.206. The zero-order valence-electron chi connectivity index (χ0n) is 52.4. The van der Waals surface area contributed by atoms with Crippen molar-refractivity contribution in [3.63, 3.8) is 0 Å². The summed E-state index contributed by atoms with van der Waals surface area (Å²) in [5.41, 5.74) is 1.64. The first-order chi connectivity index (χ1) is 27.7. The molecule has 5 heteroatoms. The predicted octanol–water partition coefficient (Wildman–Crippen LogP) is 23.2. The Morgan fingerprint density at radius 2 is 0.446 bits per heavy atom. The van der Waals surface area contributed by atoms with E-state index < -0.39 is 5.60 Å². The topological polar surface area (TPSA) is 20.2 Å². The van der Waals surface area contributed by atoms with Gasteiger partial charge >= 0.3 is 100 Å². The van der Waals surface area contributed by atoms with Crippen LogP contribution in [0.15, 0.2) is 109 Å². The zero-order chi connectivity index (χ0) is 41.1. The van der Waals surface area contributed by atoms with Crippen LogP contribution in [0, 0.1) is 134 Å². The van der Waals surface area contributed by atoms with Crippen LogP contribution in [0.4, 0.5) is 0 Å². The van der Waals surface area contributed by atoms with E-state index in [0.29, 0.717) is 0 Å². The van der Waals surface area contributed by atoms with Crippen LogP contribution in [0.5, 0.6) is 0 Å². The van der Waals surface area contributed by atoms with Gasteiger partial charge in [0.1, 0.15) is 0 Å². The summed E-state index contributed by atoms with van der Waals surface area (Å²) < 4.78 is 0. The number of aliphatic hydroxyl groups is 1. The van der Waals surface area contributed by atoms with E-state index in [1.165, 1.54) is 167 Å². The number of rotatable bonds is 0. The third kappa shape index (κ3) is 74.5. The first-order valence-corrected chi connectivity index (χ1v) is 23.9. The van der Waals surface area contributed by atoms with Gasteiger partial charge in [-0.3, -0.25) is 0 Å². The Balaban J connectivity index is -0.0000000358. The van der Waals surface area contributed by atoms with Gasteiger partial charge in [-0.05, 0) is 70.1 Å². The molecule has 0 bridgehead atoms. The summed E-state index contributed by atoms with van der Waals surface area (Å²) in [6.45, 7) is 12.7. The number of benzene rings is 2. The van der Waals surface area contributed by atoms with Crippen molar-refractivity contribution >= 4 is 0 Å². The molecule has 2 aromatic carbocycles. The number of allylic oxidation sites excluding steroid dienone is 8. The van der Waals surface area contributed by atoms with Gasteiger partial charge in [0, 0.05) is 0 Å². The fourth-order valence-corrected chi connectivity index (χ4v) is 8.31. The Hall–Kier alpha value is 0.464. The fourth-order valence-electron chi connectivity index (χ4n) is 8.31. The third-order valence-electron chi connectivity index (χ3n) is 11.6. The molecule has 8 aliphatic carbocycles. The van der Waals surface area contributed by atoms with Crippen molar-refractivity contribution in [2.24, 2.45) is 23.7 Å². The van der Waals surface area contributed by atoms with E-state index in [2.05, 4.69) is 62.5 Å². The number of hydrogen-bond donors (Lipinski definition) is 1. The molecule has 1 radical (unpaired) electrons. The van der Waals surface area contributed by atoms with E-state index in [4.69, 9.17) is 5.11 Å². The Kier molecular flexibility index (Phi) is 131. The first kappa shape index (κ1) is 118. The summed E-state index contributed by atoms with van der Waals surface area (Å²) >= 11 is 0. The standard InChI is InChI=1S/2C9H12.2C7H7.4C5H10.C4H10O.13CH3.Ti.3Zr/c2*1-2-5-9-7-3-6-8(9)4-1;2*1-7-5-3-2-4-6-7;4*1-2-4-5-3-1;1-4(2,3)5;;;;;;;;;;;;;;;;;/h2*1-2,4-5,8-9H,3,6-7H2;2*2-6H,1H2;4*1-5H2;5H,1-3H3;13*1H3;;;;/q;;2*-1;;;;;;13*-1;+3;3*+4. The van der Waals surface area contributed by atoms with Crippen LogP contribution in [0.1, 0.15) is 199 Å². The SMILES string of the molecule is C1=CC2CCCC2C=C1.C1=CC2CCCC2C=C1.C1CCCC1.C1CCCC1.C1CCCC1.C1CCCC1.CC(C)(C)O.[CH2-]c1ccccc1.[CH2-]c1ccccc1.[CH3-].[CH3-].[CH3-].[CH3-].[CH3-].[CH3-].[CH3-].[CH3-].[CH3-].[CH3-].[CH3-].[CH3-].[CH3-].[Ti+3].[Zr+4].[Zr+4].[Zr+4]. The third-order valence-corrected chi connectivity index (χ3v) is 11.6. The molecule has 6 saturated carbocycles. The van der Waals surface area contributed by atoms with Gasteiger partial charge in [-0.2, -0.15) is 49.2 Å². The summed E-state index contributed by atoms with van der Waals surface area (Å²) in [6, 6.07) is 19.7. The minimum absolute atomic E-state index is 0. The second-order valence-corrected chi connectivity index (χ2v) is 18.3. The fraction of sp³-hybridized carbons (Fsp3) is 0.493. The molecule has 4 unspecified atom stereocenters. The Morgan fingerprint density at radius 3 is 0.554 bits per heavy atom. The molecular weight excluding hydrogens is 1170 g/mol. The summed E-state index contributed by atoms with van der Waals surface area (Å²) in [5.74, 6) is 3.59. The van der Waals surface area contributed by atoms with Crippen LogP contribution >= 0.6 is 0 Å². The van der Waals surface area contributed by atoms with Gasteiger partial charge in [-0.15, -0.1) is 24.3 Å². The minimum Gasteiger partial charge on any atom is -0.391 e. The second-order valence-electron chi connectivity index (χ2n) is 18.3. The molecule has 0 saturated heterocycles. The maximum atomic E-state index is 8.52. The van der Waals surface area contributed by atoms with Crippen molar-refractivity contribution in [2.45, 2.75) is 193 Å². The van der Waals surface area contributed by atoms with Gasteiger partial charge in [0.25, 0.3) is 0 Å². The van der Waals surface area contributed by atoms with Crippen LogP contribution in [0.25, 0.3) is 0 Å². The Morgan fingerprint density at radius 1 is 0.311 bits per heavy atom. The zero-order valence-corrected chi connectivity index (χ0v) is 61.4. The van der Waals surface area contributed by atoms with Crippen LogP contribution in [0.2, 0.25) is 0 Å². The normalized spacial score (nSPS) is 18.4. The van der Waals surface area contributed by atoms with Crippen LogP contribution < -0.4 is 0 Å². The molecule has 0 spiro atoms. The van der Waals surface area contributed by atoms with Crippen LogP contribution in [-0.2, 0) is 100 Å². The largest absolute Gasteiger partial charge is 4.00 e. The molecule has 1 N–H and O–H groups in total. The number of fused-ring (bicyclic) bond motifs is 2. The van der Waals surface area contributed by atoms with Crippen LogP contribution in [-0.4, -0.2) is 10.7 Å². The molecule has 0 aliphatic heterocycles. The van der Waals surface area contributed by atoms with Crippen molar-refractivity contribution in [1.82, 2.24) is 0 Å². The van der Waals surface area contributed by atoms with Crippen LogP contribution in [0.3, 0.4) is 0 Å². The van der Waals surface area contributed by atoms with Gasteiger partial charge < -0.3 is 102 Å². The predicted molar refractivity (Wildman–Crippen MR) is 338 cm³/mol. The molecule has 0 heterocycles. The smallest absolute Gasteiger partial charge is 0.391 e. The van der Waals surface area contributed by atoms with E-state index in [9.17, 15) is 0 Å². The summed E-state index contributed by atoms with van der Waals surface area (Å²) in [7, 11) is 0. The van der Waals surface area contributed by atoms with E-state index in [1.54, 1.807) is 20.8 Å². The molecule has 10 rings (SSSR count). The Bertz CT molecular complexity index is 1100. The van der Waals surface area contributed by atoms with Gasteiger partial charge in [0.05, 0.1) is 5.60 Å². The van der Waals surface area contributed by atoms with Crippen molar-refractivity contribution in [1.29, 1.82) is 0 Å². The van der Waals surface area contributed by atoms with E-state index >= 15 is 0 Å². The van der Waals surface area contributed by atoms with Gasteiger partial charge in [0.15, 0.2) is 0 Å². The summed E-state index contributed by atoms with van der Waals surface area (Å²) in [5, 5.41) is 8.52. The van der Waals surface area contributed by atoms with Gasteiger partial charge in [-0.25, -0.2) is 0 Å². The summed E-state index contributed by atoms with van der Waals surface area (Å²) in [4.78, 5) is 0. The molecule has 2 aromatic rings. The molecular formula is C69H127OTiZr3. The van der Waals surface area contributed by atoms with Crippen molar-refractivity contribution in [3.8, 4) is 0 Å². The molecule has 4 atom stereocenters. The van der Waals surface area contributed by atoms with E-state index in [0.717, 1.165) is 34.8 Å². The number of hydrogen-bond acceptors (Lipinski definition) is 1. The maximum absolute atomic E-state index is 8.52. The van der Waals surface area contributed by atoms with Crippen molar-refractivity contribution < 1.29 is 105 Å². The molecule has 0 aromatic heterocycles. The minimum atomic E-state index is -0.500. The molecule has 8 aliphatic rings. The summed E-state index contributed by atoms with van der Waals surface area (Å²) in [6.07, 6.45) is 56.7. The maximum Gasteiger partial charge on any atom is 4.00 e. The monoisotopic (exact) mass is 1290 g/mol. The van der Waals surface area contributed by atoms with E-state index in [1.807, 2.05) is 60.7 Å². The Labute approximate surface area is 547 Å². The average Bonchev–Trinajstić information content (AvgIpc) is 4.09. The van der Waals surface area contributed by atoms with E-state index in [-0.39, 0.29) is 197 Å².